The molecule has 6 heteroatoms. The maximum Gasteiger partial charge on any atom is 0.150 e. The van der Waals surface area contributed by atoms with E-state index >= 15 is 0 Å². The van der Waals surface area contributed by atoms with Crippen molar-refractivity contribution in [2.75, 3.05) is 32.9 Å². The van der Waals surface area contributed by atoms with Gasteiger partial charge in [0.1, 0.15) is 35.8 Å². The molecular weight excluding hydrogens is 448 g/mol. The van der Waals surface area contributed by atoms with E-state index in [1.165, 1.54) is 6.07 Å². The molecule has 0 radical (unpaired) electrons. The molecule has 1 saturated heterocycles. The van der Waals surface area contributed by atoms with Crippen LogP contribution >= 0.6 is 0 Å². The second kappa shape index (κ2) is 9.70. The molecule has 0 aromatic heterocycles. The Labute approximate surface area is 204 Å². The van der Waals surface area contributed by atoms with Crippen LogP contribution in [-0.2, 0) is 0 Å². The van der Waals surface area contributed by atoms with Gasteiger partial charge in [-0.3, -0.25) is 9.29 Å². The van der Waals surface area contributed by atoms with Crippen LogP contribution in [0.4, 0.5) is 8.78 Å². The Kier molecular flexibility index (Phi) is 6.48. The highest BCUT2D eigenvalue weighted by Crippen LogP contribution is 2.48. The van der Waals surface area contributed by atoms with Gasteiger partial charge in [-0.15, -0.1) is 0 Å². The van der Waals surface area contributed by atoms with Crippen LogP contribution in [0.1, 0.15) is 35.3 Å². The van der Waals surface area contributed by atoms with Crippen LogP contribution in [0.25, 0.3) is 11.1 Å². The molecule has 2 aliphatic heterocycles. The van der Waals surface area contributed by atoms with Crippen molar-refractivity contribution < 1.29 is 23.4 Å². The van der Waals surface area contributed by atoms with Crippen LogP contribution in [0.5, 0.6) is 17.2 Å². The minimum Gasteiger partial charge on any atom is -0.508 e. The number of rotatable bonds is 7. The lowest BCUT2D eigenvalue weighted by atomic mass is 9.84. The van der Waals surface area contributed by atoms with Gasteiger partial charge in [-0.1, -0.05) is 18.2 Å². The molecule has 0 unspecified atom stereocenters. The fourth-order valence-corrected chi connectivity index (χ4v) is 4.89. The molecule has 0 aliphatic carbocycles. The third kappa shape index (κ3) is 4.76. The Morgan fingerprint density at radius 1 is 1.00 bits per heavy atom. The Bertz CT molecular complexity index is 1250. The second-order valence-electron chi connectivity index (χ2n) is 9.37. The highest BCUT2D eigenvalue weighted by atomic mass is 19.1. The highest BCUT2D eigenvalue weighted by molar-refractivity contribution is 5.96. The molecule has 2 aliphatic rings. The standard InChI is InChI=1S/C29H29F2NO3/c1-18-3-6-22(31)13-25(18)28-19(2)26-14-23(33)7-10-27(26)35-29(28)21-4-8-24(9-5-21)34-12-11-32-16-20(15-30)17-32/h3-10,13-14,20,29,33H,11-12,15-17H2,1-2H3/t29-/m1/s1. The van der Waals surface area contributed by atoms with Crippen LogP contribution < -0.4 is 9.47 Å². The monoisotopic (exact) mass is 477 g/mol. The molecule has 0 saturated carbocycles. The number of halogens is 2. The smallest absolute Gasteiger partial charge is 0.150 e. The second-order valence-corrected chi connectivity index (χ2v) is 9.37. The number of likely N-dealkylation sites (tertiary alicyclic amines) is 1. The van der Waals surface area contributed by atoms with Crippen LogP contribution in [0.2, 0.25) is 0 Å². The molecule has 3 aromatic rings. The Morgan fingerprint density at radius 2 is 1.77 bits per heavy atom. The molecule has 2 heterocycles. The SMILES string of the molecule is CC1=C(c2cc(F)ccc2C)[C@@H](c2ccc(OCCN3CC(CF)C3)cc2)Oc2ccc(O)cc21. The maximum atomic E-state index is 14.3. The first kappa shape index (κ1) is 23.4. The number of allylic oxidation sites excluding steroid dienone is 1. The van der Waals surface area contributed by atoms with E-state index in [4.69, 9.17) is 9.47 Å². The molecule has 1 atom stereocenters. The molecule has 0 spiro atoms. The zero-order valence-electron chi connectivity index (χ0n) is 19.9. The molecule has 0 amide bonds. The average molecular weight is 478 g/mol. The first-order valence-corrected chi connectivity index (χ1v) is 11.9. The number of alkyl halides is 1. The number of fused-ring (bicyclic) bond motifs is 1. The summed E-state index contributed by atoms with van der Waals surface area (Å²) in [6.45, 7) is 6.60. The first-order valence-electron chi connectivity index (χ1n) is 11.9. The van der Waals surface area contributed by atoms with E-state index in [-0.39, 0.29) is 24.2 Å². The number of nitrogens with zero attached hydrogens (tertiary/aromatic N) is 1. The third-order valence-electron chi connectivity index (χ3n) is 6.88. The Hall–Kier alpha value is -3.38. The Balaban J connectivity index is 1.41. The van der Waals surface area contributed by atoms with E-state index in [0.29, 0.717) is 12.4 Å². The predicted octanol–water partition coefficient (Wildman–Crippen LogP) is 6.18. The predicted molar refractivity (Wildman–Crippen MR) is 133 cm³/mol. The van der Waals surface area contributed by atoms with E-state index in [1.807, 2.05) is 38.1 Å². The summed E-state index contributed by atoms with van der Waals surface area (Å²) in [4.78, 5) is 2.19. The molecule has 0 bridgehead atoms. The van der Waals surface area contributed by atoms with Crippen molar-refractivity contribution in [3.05, 3.63) is 88.7 Å². The number of aromatic hydroxyl groups is 1. The number of phenols is 1. The normalized spacial score (nSPS) is 18.1. The number of hydrogen-bond donors (Lipinski definition) is 1. The fourth-order valence-electron chi connectivity index (χ4n) is 4.89. The summed E-state index contributed by atoms with van der Waals surface area (Å²) in [5.41, 5.74) is 5.24. The Morgan fingerprint density at radius 3 is 2.51 bits per heavy atom. The van der Waals surface area contributed by atoms with E-state index in [1.54, 1.807) is 30.3 Å². The average Bonchev–Trinajstić information content (AvgIpc) is 2.83. The third-order valence-corrected chi connectivity index (χ3v) is 6.88. The first-order chi connectivity index (χ1) is 16.9. The number of aryl methyl sites for hydroxylation is 1. The van der Waals surface area contributed by atoms with Crippen molar-refractivity contribution in [1.82, 2.24) is 4.90 Å². The van der Waals surface area contributed by atoms with E-state index in [9.17, 15) is 13.9 Å². The van der Waals surface area contributed by atoms with Gasteiger partial charge in [-0.05, 0) is 78.6 Å². The van der Waals surface area contributed by atoms with E-state index in [2.05, 4.69) is 4.90 Å². The van der Waals surface area contributed by atoms with Gasteiger partial charge < -0.3 is 14.6 Å². The molecule has 182 valence electrons. The zero-order chi connectivity index (χ0) is 24.5. The van der Waals surface area contributed by atoms with Gasteiger partial charge >= 0.3 is 0 Å². The summed E-state index contributed by atoms with van der Waals surface area (Å²) in [7, 11) is 0. The molecule has 5 rings (SSSR count). The van der Waals surface area contributed by atoms with Crippen LogP contribution in [0, 0.1) is 18.7 Å². The van der Waals surface area contributed by atoms with Gasteiger partial charge in [0.25, 0.3) is 0 Å². The molecule has 35 heavy (non-hydrogen) atoms. The summed E-state index contributed by atoms with van der Waals surface area (Å²) in [5.74, 6) is 1.44. The van der Waals surface area contributed by atoms with Gasteiger partial charge in [0.2, 0.25) is 0 Å². The fraction of sp³-hybridized carbons (Fsp3) is 0.310. The van der Waals surface area contributed by atoms with Gasteiger partial charge in [-0.25, -0.2) is 4.39 Å². The summed E-state index contributed by atoms with van der Waals surface area (Å²) >= 11 is 0. The molecule has 1 fully saturated rings. The molecule has 4 nitrogen and oxygen atoms in total. The van der Waals surface area contributed by atoms with Crippen LogP contribution in [-0.4, -0.2) is 42.9 Å². The summed E-state index contributed by atoms with van der Waals surface area (Å²) in [6, 6.07) is 17.6. The summed E-state index contributed by atoms with van der Waals surface area (Å²) in [5, 5.41) is 10.1. The van der Waals surface area contributed by atoms with Crippen molar-refractivity contribution in [1.29, 1.82) is 0 Å². The quantitative estimate of drug-likeness (QED) is 0.441. The van der Waals surface area contributed by atoms with E-state index in [0.717, 1.165) is 58.8 Å². The zero-order valence-corrected chi connectivity index (χ0v) is 19.9. The van der Waals surface area contributed by atoms with Crippen LogP contribution in [0.15, 0.2) is 60.7 Å². The topological polar surface area (TPSA) is 41.9 Å². The van der Waals surface area contributed by atoms with Crippen LogP contribution in [0.3, 0.4) is 0 Å². The van der Waals surface area contributed by atoms with Crippen molar-refractivity contribution in [3.63, 3.8) is 0 Å². The molecular formula is C29H29F2NO3. The lowest BCUT2D eigenvalue weighted by molar-refractivity contribution is 0.0668. The van der Waals surface area contributed by atoms with Gasteiger partial charge in [0, 0.05) is 36.7 Å². The number of benzene rings is 3. The number of ether oxygens (including phenoxy) is 2. The summed E-state index contributed by atoms with van der Waals surface area (Å²) in [6.07, 6.45) is -0.444. The van der Waals surface area contributed by atoms with Crippen molar-refractivity contribution in [2.45, 2.75) is 20.0 Å². The number of phenolic OH excluding ortho intramolecular Hbond substituents is 1. The largest absolute Gasteiger partial charge is 0.508 e. The lowest BCUT2D eigenvalue weighted by Gasteiger charge is -2.37. The van der Waals surface area contributed by atoms with E-state index < -0.39 is 6.10 Å². The number of hydrogen-bond acceptors (Lipinski definition) is 4. The molecule has 3 aromatic carbocycles. The minimum atomic E-state index is -0.444. The van der Waals surface area contributed by atoms with Gasteiger partial charge in [0.05, 0.1) is 6.67 Å². The van der Waals surface area contributed by atoms with Crippen molar-refractivity contribution >= 4 is 11.1 Å². The van der Waals surface area contributed by atoms with Gasteiger partial charge in [0.15, 0.2) is 0 Å². The lowest BCUT2D eigenvalue weighted by Crippen LogP contribution is -2.49. The molecule has 1 N–H and O–H groups in total. The van der Waals surface area contributed by atoms with Gasteiger partial charge in [-0.2, -0.15) is 0 Å². The summed E-state index contributed by atoms with van der Waals surface area (Å²) < 4.78 is 39.2. The van der Waals surface area contributed by atoms with Crippen molar-refractivity contribution in [3.8, 4) is 17.2 Å². The minimum absolute atomic E-state index is 0.153. The highest BCUT2D eigenvalue weighted by Gasteiger charge is 2.31. The maximum absolute atomic E-state index is 14.3. The van der Waals surface area contributed by atoms with Crippen molar-refractivity contribution in [2.24, 2.45) is 5.92 Å².